The van der Waals surface area contributed by atoms with Crippen LogP contribution in [-0.4, -0.2) is 175 Å². The van der Waals surface area contributed by atoms with Gasteiger partial charge in [-0.15, -0.1) is 0 Å². The predicted molar refractivity (Wildman–Crippen MR) is 292 cm³/mol. The van der Waals surface area contributed by atoms with Crippen LogP contribution in [0.15, 0.2) is 102 Å². The van der Waals surface area contributed by atoms with Gasteiger partial charge in [-0.2, -0.15) is 5.10 Å². The van der Waals surface area contributed by atoms with E-state index in [-0.39, 0.29) is 47.4 Å². The monoisotopic (exact) mass is 1060 g/mol. The molecule has 0 radical (unpaired) electrons. The van der Waals surface area contributed by atoms with Gasteiger partial charge in [0.1, 0.15) is 24.3 Å². The fourth-order valence-electron chi connectivity index (χ4n) is 10.3. The summed E-state index contributed by atoms with van der Waals surface area (Å²) in [6.45, 7) is 13.2. The Morgan fingerprint density at radius 3 is 2.21 bits per heavy atom. The number of pyridine rings is 1. The van der Waals surface area contributed by atoms with Crippen LogP contribution in [0.4, 0.5) is 14.9 Å². The highest BCUT2D eigenvalue weighted by atomic mass is 19.1. The molecule has 3 fully saturated rings. The Kier molecular flexibility index (Phi) is 17.3. The van der Waals surface area contributed by atoms with E-state index in [2.05, 4.69) is 53.3 Å². The van der Waals surface area contributed by atoms with Gasteiger partial charge < -0.3 is 24.8 Å². The maximum absolute atomic E-state index is 15.2. The Hall–Kier alpha value is -7.97. The summed E-state index contributed by atoms with van der Waals surface area (Å²) in [6, 6.07) is 23.0. The lowest BCUT2D eigenvalue weighted by atomic mass is 9.96. The molecule has 3 aromatic carbocycles. The van der Waals surface area contributed by atoms with Crippen molar-refractivity contribution in [3.8, 4) is 11.1 Å². The molecule has 408 valence electrons. The number of anilines is 1. The first-order chi connectivity index (χ1) is 37.6. The van der Waals surface area contributed by atoms with Gasteiger partial charge in [0, 0.05) is 88.7 Å². The van der Waals surface area contributed by atoms with Crippen LogP contribution in [0.3, 0.4) is 0 Å². The molecule has 0 unspecified atom stereocenters. The molecule has 0 bridgehead atoms. The summed E-state index contributed by atoms with van der Waals surface area (Å²) in [7, 11) is 0. The number of benzene rings is 3. The van der Waals surface area contributed by atoms with Gasteiger partial charge in [-0.25, -0.2) is 29.2 Å². The minimum atomic E-state index is -0.813. The highest BCUT2D eigenvalue weighted by Crippen LogP contribution is 2.28. The van der Waals surface area contributed by atoms with Crippen molar-refractivity contribution in [2.45, 2.75) is 65.5 Å². The number of nitrogens with zero attached hydrogens (tertiary/aromatic N) is 10. The molecule has 3 aliphatic rings. The SMILES string of the molecule is CCc1cccc(-c2cnc(C(=O)N3CCN(CC4CCN(CC(=O)N5CCN(C(=O)c6cc(Cc7n[nH]c(=O)c8ccccc78)ccc6F)CC5)CC4)CC3)c(NC(=O)CN(Cc3ccncn3)C(=O)OC(C)(C)C)c2)c1. The number of carbonyl (C=O) groups is 5. The van der Waals surface area contributed by atoms with Gasteiger partial charge in [0.15, 0.2) is 5.69 Å². The van der Waals surface area contributed by atoms with Crippen molar-refractivity contribution in [2.75, 3.05) is 90.4 Å². The van der Waals surface area contributed by atoms with Crippen LogP contribution in [-0.2, 0) is 33.7 Å². The first-order valence-corrected chi connectivity index (χ1v) is 26.7. The van der Waals surface area contributed by atoms with Crippen LogP contribution in [0.2, 0.25) is 0 Å². The number of amides is 5. The van der Waals surface area contributed by atoms with E-state index in [0.29, 0.717) is 99.0 Å². The Morgan fingerprint density at radius 1 is 0.769 bits per heavy atom. The molecule has 3 aliphatic heterocycles. The highest BCUT2D eigenvalue weighted by Gasteiger charge is 2.32. The van der Waals surface area contributed by atoms with E-state index >= 15 is 4.39 Å². The summed E-state index contributed by atoms with van der Waals surface area (Å²) < 4.78 is 20.8. The first-order valence-electron chi connectivity index (χ1n) is 26.7. The van der Waals surface area contributed by atoms with Gasteiger partial charge in [-0.3, -0.25) is 38.7 Å². The number of hydrogen-bond donors (Lipinski definition) is 2. The smallest absolute Gasteiger partial charge is 0.411 e. The average molecular weight is 1060 g/mol. The molecule has 9 rings (SSSR count). The maximum Gasteiger partial charge on any atom is 0.411 e. The Bertz CT molecular complexity index is 3200. The number of carbonyl (C=O) groups excluding carboxylic acids is 5. The lowest BCUT2D eigenvalue weighted by Crippen LogP contribution is -2.53. The summed E-state index contributed by atoms with van der Waals surface area (Å²) in [5.74, 6) is -1.46. The molecule has 3 aromatic heterocycles. The molecule has 6 aromatic rings. The second kappa shape index (κ2) is 24.6. The van der Waals surface area contributed by atoms with E-state index in [1.54, 1.807) is 84.3 Å². The van der Waals surface area contributed by atoms with E-state index in [1.165, 1.54) is 17.3 Å². The van der Waals surface area contributed by atoms with Gasteiger partial charge >= 0.3 is 6.09 Å². The van der Waals surface area contributed by atoms with E-state index in [1.807, 2.05) is 30.3 Å². The Morgan fingerprint density at radius 2 is 1.49 bits per heavy atom. The third kappa shape index (κ3) is 13.8. The van der Waals surface area contributed by atoms with Crippen LogP contribution < -0.4 is 10.9 Å². The number of nitrogens with one attached hydrogen (secondary N) is 2. The second-order valence-corrected chi connectivity index (χ2v) is 21.3. The molecular weight excluding hydrogens is 996 g/mol. The molecule has 0 saturated carbocycles. The van der Waals surface area contributed by atoms with Crippen molar-refractivity contribution >= 4 is 46.2 Å². The number of rotatable bonds is 15. The normalized spacial score (nSPS) is 15.8. The minimum Gasteiger partial charge on any atom is -0.444 e. The summed E-state index contributed by atoms with van der Waals surface area (Å²) in [5, 5.41) is 10.9. The molecule has 2 N–H and O–H groups in total. The van der Waals surface area contributed by atoms with E-state index in [9.17, 15) is 28.8 Å². The lowest BCUT2D eigenvalue weighted by Gasteiger charge is -2.39. The van der Waals surface area contributed by atoms with Gasteiger partial charge in [0.2, 0.25) is 11.8 Å². The van der Waals surface area contributed by atoms with E-state index in [0.717, 1.165) is 55.6 Å². The van der Waals surface area contributed by atoms with Gasteiger partial charge in [0.25, 0.3) is 17.4 Å². The zero-order valence-electron chi connectivity index (χ0n) is 44.8. The Labute approximate surface area is 452 Å². The quantitative estimate of drug-likeness (QED) is 0.123. The van der Waals surface area contributed by atoms with Crippen LogP contribution in [0.5, 0.6) is 0 Å². The number of fused-ring (bicyclic) bond motifs is 1. The molecule has 19 nitrogen and oxygen atoms in total. The standard InChI is InChI=1S/C58H67FN12O7/c1-5-39-9-8-10-42(29-39)43-32-50(63-51(72)36-71(57(77)78-58(2,3)4)35-44-15-18-60-38-62-44)53(61-33-43)56(76)70-23-21-67(22-24-70)34-40-16-19-66(20-17-40)37-52(73)68-25-27-69(28-26-68)55(75)47-30-41(13-14-48(47)59)31-49-45-11-6-7-12-46(45)54(74)65-64-49/h6-15,18,29-30,32-33,38,40H,5,16-17,19-28,31,34-37H2,1-4H3,(H,63,72)(H,65,74). The van der Waals surface area contributed by atoms with Crippen LogP contribution in [0, 0.1) is 11.7 Å². The van der Waals surface area contributed by atoms with E-state index < -0.39 is 29.3 Å². The van der Waals surface area contributed by atoms with Gasteiger partial charge in [-0.1, -0.05) is 55.5 Å². The fourth-order valence-corrected chi connectivity index (χ4v) is 10.3. The maximum atomic E-state index is 15.2. The van der Waals surface area contributed by atoms with E-state index in [4.69, 9.17) is 4.74 Å². The minimum absolute atomic E-state index is 0.00387. The highest BCUT2D eigenvalue weighted by molar-refractivity contribution is 6.04. The number of hydrogen-bond acceptors (Lipinski definition) is 13. The first kappa shape index (κ1) is 54.8. The number of halogens is 1. The zero-order chi connectivity index (χ0) is 54.9. The summed E-state index contributed by atoms with van der Waals surface area (Å²) >= 11 is 0. The molecular formula is C58H67FN12O7. The number of ether oxygens (including phenoxy) is 1. The molecule has 3 saturated heterocycles. The van der Waals surface area contributed by atoms with Crippen LogP contribution in [0.25, 0.3) is 21.9 Å². The summed E-state index contributed by atoms with van der Waals surface area (Å²) in [6.07, 6.45) is 6.87. The molecule has 78 heavy (non-hydrogen) atoms. The van der Waals surface area contributed by atoms with Crippen molar-refractivity contribution in [3.05, 3.63) is 148 Å². The zero-order valence-corrected chi connectivity index (χ0v) is 44.8. The largest absolute Gasteiger partial charge is 0.444 e. The molecule has 20 heteroatoms. The average Bonchev–Trinajstić information content (AvgIpc) is 3.45. The number of aryl methyl sites for hydroxylation is 1. The van der Waals surface area contributed by atoms with Crippen molar-refractivity contribution in [1.82, 2.24) is 54.5 Å². The number of piperidine rings is 1. The lowest BCUT2D eigenvalue weighted by molar-refractivity contribution is -0.134. The number of aromatic amines is 1. The Balaban J connectivity index is 0.749. The number of aromatic nitrogens is 5. The molecule has 0 spiro atoms. The second-order valence-electron chi connectivity index (χ2n) is 21.3. The molecule has 6 heterocycles. The van der Waals surface area contributed by atoms with Crippen molar-refractivity contribution < 1.29 is 33.1 Å². The predicted octanol–water partition coefficient (Wildman–Crippen LogP) is 5.90. The van der Waals surface area contributed by atoms with Crippen molar-refractivity contribution in [1.29, 1.82) is 0 Å². The third-order valence-electron chi connectivity index (χ3n) is 14.6. The van der Waals surface area contributed by atoms with Crippen LogP contribution >= 0.6 is 0 Å². The number of piperazine rings is 2. The molecule has 0 atom stereocenters. The fraction of sp³-hybridized carbons (Fsp3) is 0.414. The third-order valence-corrected chi connectivity index (χ3v) is 14.6. The number of H-pyrrole nitrogens is 1. The van der Waals surface area contributed by atoms with Crippen LogP contribution in [0.1, 0.15) is 83.9 Å². The number of likely N-dealkylation sites (tertiary alicyclic amines) is 1. The summed E-state index contributed by atoms with van der Waals surface area (Å²) in [5.41, 5.74) is 3.75. The summed E-state index contributed by atoms with van der Waals surface area (Å²) in [4.78, 5) is 105. The molecule has 0 aliphatic carbocycles. The van der Waals surface area contributed by atoms with Crippen molar-refractivity contribution in [3.63, 3.8) is 0 Å². The molecule has 5 amide bonds. The van der Waals surface area contributed by atoms with Gasteiger partial charge in [0.05, 0.1) is 41.1 Å². The van der Waals surface area contributed by atoms with Gasteiger partial charge in [-0.05, 0) is 106 Å². The van der Waals surface area contributed by atoms with Crippen molar-refractivity contribution in [2.24, 2.45) is 5.92 Å². The topological polar surface area (TPSA) is 210 Å².